The van der Waals surface area contributed by atoms with Gasteiger partial charge in [0.05, 0.1) is 6.54 Å². The molecule has 0 bridgehead atoms. The van der Waals surface area contributed by atoms with Gasteiger partial charge in [0.25, 0.3) is 0 Å². The van der Waals surface area contributed by atoms with Crippen molar-refractivity contribution in [3.05, 3.63) is 0 Å². The van der Waals surface area contributed by atoms with Crippen molar-refractivity contribution >= 4 is 17.7 Å². The zero-order valence-corrected chi connectivity index (χ0v) is 10.7. The van der Waals surface area contributed by atoms with Gasteiger partial charge >= 0.3 is 0 Å². The van der Waals surface area contributed by atoms with Crippen molar-refractivity contribution in [1.82, 2.24) is 10.6 Å². The van der Waals surface area contributed by atoms with Crippen LogP contribution in [0.1, 0.15) is 33.6 Å². The van der Waals surface area contributed by atoms with E-state index < -0.39 is 0 Å². The molecule has 0 spiro atoms. The van der Waals surface area contributed by atoms with Crippen LogP contribution in [0.5, 0.6) is 0 Å². The van der Waals surface area contributed by atoms with Crippen LogP contribution in [0.3, 0.4) is 0 Å². The SMILES string of the molecule is CC(C)NC(=O)CNCC1(C)CCCS1. The Labute approximate surface area is 96.8 Å². The van der Waals surface area contributed by atoms with Crippen LogP contribution < -0.4 is 10.6 Å². The van der Waals surface area contributed by atoms with Crippen LogP contribution >= 0.6 is 11.8 Å². The molecule has 1 amide bonds. The molecule has 1 fully saturated rings. The molecule has 1 unspecified atom stereocenters. The predicted molar refractivity (Wildman–Crippen MR) is 66.2 cm³/mol. The molecule has 0 aromatic carbocycles. The Morgan fingerprint density at radius 2 is 2.27 bits per heavy atom. The Balaban J connectivity index is 2.12. The van der Waals surface area contributed by atoms with Crippen molar-refractivity contribution in [2.75, 3.05) is 18.8 Å². The monoisotopic (exact) mass is 230 g/mol. The van der Waals surface area contributed by atoms with Gasteiger partial charge in [-0.05, 0) is 39.4 Å². The van der Waals surface area contributed by atoms with E-state index in [1.54, 1.807) is 0 Å². The fourth-order valence-electron chi connectivity index (χ4n) is 1.79. The molecule has 0 saturated carbocycles. The van der Waals surface area contributed by atoms with E-state index in [-0.39, 0.29) is 11.9 Å². The zero-order chi connectivity index (χ0) is 11.3. The Hall–Kier alpha value is -0.220. The van der Waals surface area contributed by atoms with Gasteiger partial charge < -0.3 is 10.6 Å². The Kier molecular flexibility index (Phi) is 4.93. The summed E-state index contributed by atoms with van der Waals surface area (Å²) in [6.45, 7) is 7.60. The maximum absolute atomic E-state index is 11.4. The van der Waals surface area contributed by atoms with Crippen LogP contribution in [-0.4, -0.2) is 35.5 Å². The standard InChI is InChI=1S/C11H22N2OS/c1-9(2)13-10(14)7-12-8-11(3)5-4-6-15-11/h9,12H,4-8H2,1-3H3,(H,13,14). The molecule has 0 radical (unpaired) electrons. The second-order valence-corrected chi connectivity index (χ2v) is 6.41. The summed E-state index contributed by atoms with van der Waals surface area (Å²) in [5.74, 6) is 1.35. The zero-order valence-electron chi connectivity index (χ0n) is 9.93. The number of carbonyl (C=O) groups excluding carboxylic acids is 1. The summed E-state index contributed by atoms with van der Waals surface area (Å²) in [6.07, 6.45) is 2.57. The van der Waals surface area contributed by atoms with Crippen LogP contribution in [0.15, 0.2) is 0 Å². The van der Waals surface area contributed by atoms with Gasteiger partial charge in [-0.25, -0.2) is 0 Å². The smallest absolute Gasteiger partial charge is 0.234 e. The molecule has 1 saturated heterocycles. The van der Waals surface area contributed by atoms with Crippen molar-refractivity contribution in [2.45, 2.75) is 44.4 Å². The highest BCUT2D eigenvalue weighted by Gasteiger charge is 2.28. The van der Waals surface area contributed by atoms with Crippen LogP contribution in [0.4, 0.5) is 0 Å². The van der Waals surface area contributed by atoms with Crippen molar-refractivity contribution < 1.29 is 4.79 Å². The molecule has 0 aromatic rings. The number of thioether (sulfide) groups is 1. The van der Waals surface area contributed by atoms with E-state index in [4.69, 9.17) is 0 Å². The largest absolute Gasteiger partial charge is 0.353 e. The van der Waals surface area contributed by atoms with E-state index in [0.717, 1.165) is 6.54 Å². The third kappa shape index (κ3) is 4.89. The fourth-order valence-corrected chi connectivity index (χ4v) is 3.06. The highest BCUT2D eigenvalue weighted by molar-refractivity contribution is 8.00. The number of hydrogen-bond donors (Lipinski definition) is 2. The Morgan fingerprint density at radius 1 is 1.53 bits per heavy atom. The minimum absolute atomic E-state index is 0.0941. The number of rotatable bonds is 5. The molecule has 1 heterocycles. The summed E-state index contributed by atoms with van der Waals surface area (Å²) in [7, 11) is 0. The molecule has 88 valence electrons. The molecular weight excluding hydrogens is 208 g/mol. The summed E-state index contributed by atoms with van der Waals surface area (Å²) >= 11 is 2.02. The first-order valence-corrected chi connectivity index (χ1v) is 6.64. The first-order chi connectivity index (χ1) is 7.02. The molecule has 2 N–H and O–H groups in total. The van der Waals surface area contributed by atoms with Gasteiger partial charge in [-0.3, -0.25) is 4.79 Å². The quantitative estimate of drug-likeness (QED) is 0.750. The first-order valence-electron chi connectivity index (χ1n) is 5.66. The normalized spacial score (nSPS) is 25.9. The van der Waals surface area contributed by atoms with E-state index in [2.05, 4.69) is 17.6 Å². The van der Waals surface area contributed by atoms with E-state index in [9.17, 15) is 4.79 Å². The van der Waals surface area contributed by atoms with Gasteiger partial charge in [0.1, 0.15) is 0 Å². The molecule has 1 rings (SSSR count). The number of amides is 1. The maximum atomic E-state index is 11.4. The van der Waals surface area contributed by atoms with Crippen LogP contribution in [0.25, 0.3) is 0 Å². The van der Waals surface area contributed by atoms with Gasteiger partial charge in [0.2, 0.25) is 5.91 Å². The summed E-state index contributed by atoms with van der Waals surface area (Å²) in [5, 5.41) is 6.11. The molecule has 4 heteroatoms. The number of carbonyl (C=O) groups is 1. The van der Waals surface area contributed by atoms with Gasteiger partial charge in [-0.2, -0.15) is 11.8 Å². The van der Waals surface area contributed by atoms with Gasteiger partial charge in [-0.1, -0.05) is 0 Å². The molecule has 15 heavy (non-hydrogen) atoms. The molecular formula is C11H22N2OS. The third-order valence-electron chi connectivity index (χ3n) is 2.53. The predicted octanol–water partition coefficient (Wildman–Crippen LogP) is 1.39. The lowest BCUT2D eigenvalue weighted by Crippen LogP contribution is -2.41. The maximum Gasteiger partial charge on any atom is 0.234 e. The van der Waals surface area contributed by atoms with Gasteiger partial charge in [0.15, 0.2) is 0 Å². The van der Waals surface area contributed by atoms with Crippen molar-refractivity contribution in [2.24, 2.45) is 0 Å². The molecule has 1 aliphatic rings. The average molecular weight is 230 g/mol. The van der Waals surface area contributed by atoms with E-state index in [1.165, 1.54) is 18.6 Å². The summed E-state index contributed by atoms with van der Waals surface area (Å²) in [6, 6.07) is 0.232. The van der Waals surface area contributed by atoms with Gasteiger partial charge in [0, 0.05) is 17.3 Å². The lowest BCUT2D eigenvalue weighted by atomic mass is 10.1. The van der Waals surface area contributed by atoms with E-state index in [1.807, 2.05) is 25.6 Å². The lowest BCUT2D eigenvalue weighted by molar-refractivity contribution is -0.120. The molecule has 1 aliphatic heterocycles. The van der Waals surface area contributed by atoms with Crippen molar-refractivity contribution in [1.29, 1.82) is 0 Å². The van der Waals surface area contributed by atoms with Crippen LogP contribution in [0.2, 0.25) is 0 Å². The highest BCUT2D eigenvalue weighted by atomic mass is 32.2. The third-order valence-corrected chi connectivity index (χ3v) is 4.07. The number of hydrogen-bond acceptors (Lipinski definition) is 3. The fraction of sp³-hybridized carbons (Fsp3) is 0.909. The topological polar surface area (TPSA) is 41.1 Å². The van der Waals surface area contributed by atoms with E-state index in [0.29, 0.717) is 11.3 Å². The highest BCUT2D eigenvalue weighted by Crippen LogP contribution is 2.36. The van der Waals surface area contributed by atoms with Crippen LogP contribution in [0, 0.1) is 0 Å². The molecule has 0 aliphatic carbocycles. The summed E-state index contributed by atoms with van der Waals surface area (Å²) < 4.78 is 0.345. The van der Waals surface area contributed by atoms with E-state index >= 15 is 0 Å². The Bertz CT molecular complexity index is 213. The van der Waals surface area contributed by atoms with Gasteiger partial charge in [-0.15, -0.1) is 0 Å². The first kappa shape index (κ1) is 12.8. The number of nitrogens with one attached hydrogen (secondary N) is 2. The summed E-state index contributed by atoms with van der Waals surface area (Å²) in [5.41, 5.74) is 0. The lowest BCUT2D eigenvalue weighted by Gasteiger charge is -2.22. The molecule has 0 aromatic heterocycles. The second-order valence-electron chi connectivity index (χ2n) is 4.73. The average Bonchev–Trinajstić information content (AvgIpc) is 2.51. The van der Waals surface area contributed by atoms with Crippen LogP contribution in [-0.2, 0) is 4.79 Å². The van der Waals surface area contributed by atoms with Crippen molar-refractivity contribution in [3.63, 3.8) is 0 Å². The molecule has 1 atom stereocenters. The Morgan fingerprint density at radius 3 is 2.80 bits per heavy atom. The second kappa shape index (κ2) is 5.75. The minimum atomic E-state index is 0.0941. The molecule has 3 nitrogen and oxygen atoms in total. The summed E-state index contributed by atoms with van der Waals surface area (Å²) in [4.78, 5) is 11.4. The minimum Gasteiger partial charge on any atom is -0.353 e. The van der Waals surface area contributed by atoms with Crippen molar-refractivity contribution in [3.8, 4) is 0 Å².